The number of methoxy groups -OCH3 is 1. The van der Waals surface area contributed by atoms with E-state index in [1.165, 1.54) is 13.2 Å². The number of ketones is 1. The molecule has 1 heterocycles. The fraction of sp³-hybridized carbons (Fsp3) is 0.667. The molecule has 0 aromatic rings. The first-order chi connectivity index (χ1) is 8.47. The Labute approximate surface area is 105 Å². The van der Waals surface area contributed by atoms with Gasteiger partial charge in [-0.2, -0.15) is 0 Å². The number of carbonyl (C=O) groups is 2. The van der Waals surface area contributed by atoms with Crippen LogP contribution in [0.4, 0.5) is 0 Å². The smallest absolute Gasteiger partial charge is 0.162 e. The van der Waals surface area contributed by atoms with E-state index in [4.69, 9.17) is 15.2 Å². The molecule has 0 amide bonds. The monoisotopic (exact) mass is 255 g/mol. The summed E-state index contributed by atoms with van der Waals surface area (Å²) >= 11 is 0. The normalized spacial score (nSPS) is 38.9. The van der Waals surface area contributed by atoms with Gasteiger partial charge in [-0.15, -0.1) is 0 Å². The fourth-order valence-corrected chi connectivity index (χ4v) is 2.74. The highest BCUT2D eigenvalue weighted by atomic mass is 16.6. The molecule has 2 aliphatic rings. The van der Waals surface area contributed by atoms with Gasteiger partial charge in [0, 0.05) is 13.5 Å². The Hall–Kier alpha value is -1.08. The molecule has 1 saturated heterocycles. The van der Waals surface area contributed by atoms with Crippen LogP contribution in [-0.4, -0.2) is 48.3 Å². The quantitative estimate of drug-likeness (QED) is 0.294. The van der Waals surface area contributed by atoms with Crippen molar-refractivity contribution in [3.05, 3.63) is 12.2 Å². The van der Waals surface area contributed by atoms with Crippen LogP contribution < -0.4 is 5.73 Å². The van der Waals surface area contributed by atoms with E-state index in [0.717, 1.165) is 6.08 Å². The van der Waals surface area contributed by atoms with E-state index in [0.29, 0.717) is 25.7 Å². The molecule has 0 aromatic carbocycles. The van der Waals surface area contributed by atoms with E-state index in [-0.39, 0.29) is 5.78 Å². The van der Waals surface area contributed by atoms with Gasteiger partial charge in [0.1, 0.15) is 23.7 Å². The Bertz CT molecular complexity index is 386. The first-order valence-electron chi connectivity index (χ1n) is 5.80. The zero-order chi connectivity index (χ0) is 13.4. The molecule has 1 aliphatic carbocycles. The molecule has 18 heavy (non-hydrogen) atoms. The van der Waals surface area contributed by atoms with Crippen molar-refractivity contribution < 1.29 is 24.2 Å². The minimum Gasteiger partial charge on any atom is -0.373 e. The molecule has 0 radical (unpaired) electrons. The third-order valence-corrected chi connectivity index (χ3v) is 3.69. The summed E-state index contributed by atoms with van der Waals surface area (Å²) in [4.78, 5) is 22.2. The molecule has 1 spiro atoms. The molecular weight excluding hydrogens is 238 g/mol. The third kappa shape index (κ3) is 2.12. The number of rotatable bonds is 4. The first kappa shape index (κ1) is 13.4. The van der Waals surface area contributed by atoms with Gasteiger partial charge in [-0.3, -0.25) is 15.3 Å². The van der Waals surface area contributed by atoms with Gasteiger partial charge in [-0.1, -0.05) is 0 Å². The van der Waals surface area contributed by atoms with Crippen LogP contribution in [0.5, 0.6) is 0 Å². The number of Topliss-reactive ketones (excluding diaryl/α,β-unsaturated/α-hetero) is 1. The van der Waals surface area contributed by atoms with Crippen molar-refractivity contribution in [2.75, 3.05) is 13.7 Å². The number of hydrogen-bond acceptors (Lipinski definition) is 6. The average Bonchev–Trinajstić information content (AvgIpc) is 3.09. The van der Waals surface area contributed by atoms with Crippen molar-refractivity contribution >= 4 is 12.1 Å². The zero-order valence-corrected chi connectivity index (χ0v) is 10.2. The Morgan fingerprint density at radius 1 is 1.67 bits per heavy atom. The van der Waals surface area contributed by atoms with E-state index in [1.54, 1.807) is 0 Å². The van der Waals surface area contributed by atoms with Crippen LogP contribution in [0, 0.1) is 5.92 Å². The van der Waals surface area contributed by atoms with Crippen molar-refractivity contribution in [1.29, 1.82) is 0 Å². The lowest BCUT2D eigenvalue weighted by atomic mass is 9.71. The number of aliphatic hydroxyl groups is 1. The number of aldehydes is 1. The minimum absolute atomic E-state index is 0.105. The Morgan fingerprint density at radius 3 is 2.83 bits per heavy atom. The summed E-state index contributed by atoms with van der Waals surface area (Å²) in [6.45, 7) is 0.444. The second-order valence-electron chi connectivity index (χ2n) is 4.84. The van der Waals surface area contributed by atoms with Gasteiger partial charge in [0.2, 0.25) is 0 Å². The molecule has 3 N–H and O–H groups in total. The number of ether oxygens (including phenoxy) is 2. The van der Waals surface area contributed by atoms with Crippen LogP contribution in [0.2, 0.25) is 0 Å². The van der Waals surface area contributed by atoms with Gasteiger partial charge >= 0.3 is 0 Å². The highest BCUT2D eigenvalue weighted by Crippen LogP contribution is 2.49. The van der Waals surface area contributed by atoms with E-state index in [2.05, 4.69) is 0 Å². The Morgan fingerprint density at radius 2 is 2.33 bits per heavy atom. The van der Waals surface area contributed by atoms with Crippen LogP contribution in [-0.2, 0) is 19.1 Å². The van der Waals surface area contributed by atoms with Crippen LogP contribution >= 0.6 is 0 Å². The summed E-state index contributed by atoms with van der Waals surface area (Å²) in [7, 11) is 1.40. The Balaban J connectivity index is 2.32. The zero-order valence-electron chi connectivity index (χ0n) is 10.2. The van der Waals surface area contributed by atoms with Crippen LogP contribution in [0.25, 0.3) is 0 Å². The van der Waals surface area contributed by atoms with E-state index >= 15 is 0 Å². The predicted octanol–water partition coefficient (Wildman–Crippen LogP) is -0.848. The summed E-state index contributed by atoms with van der Waals surface area (Å²) in [6.07, 6.45) is 2.87. The molecule has 1 aliphatic heterocycles. The van der Waals surface area contributed by atoms with Crippen molar-refractivity contribution in [3.8, 4) is 0 Å². The van der Waals surface area contributed by atoms with E-state index in [1.807, 2.05) is 0 Å². The van der Waals surface area contributed by atoms with Gasteiger partial charge in [0.25, 0.3) is 0 Å². The number of carbonyl (C=O) groups excluding carboxylic acids is 2. The van der Waals surface area contributed by atoms with Gasteiger partial charge in [0.05, 0.1) is 12.5 Å². The van der Waals surface area contributed by atoms with Crippen molar-refractivity contribution in [2.24, 2.45) is 11.7 Å². The standard InChI is InChI=1S/C12H17NO5/c1-17-9-8(15)3-5-11(7-18-11)10(9)12(13,16)4-2-6-14/h2,4,6,9-10,16H,3,5,7,13H2,1H3/b4-2+/t9-,10+,11+,12+/m1/s1. The van der Waals surface area contributed by atoms with Crippen LogP contribution in [0.3, 0.4) is 0 Å². The van der Waals surface area contributed by atoms with Crippen molar-refractivity contribution in [3.63, 3.8) is 0 Å². The van der Waals surface area contributed by atoms with Gasteiger partial charge < -0.3 is 14.6 Å². The summed E-state index contributed by atoms with van der Waals surface area (Å²) in [5.41, 5.74) is 3.40. The Kier molecular flexibility index (Phi) is 3.37. The van der Waals surface area contributed by atoms with E-state index < -0.39 is 23.3 Å². The lowest BCUT2D eigenvalue weighted by Crippen LogP contribution is -2.61. The number of nitrogens with two attached hydrogens (primary N) is 1. The molecule has 6 nitrogen and oxygen atoms in total. The van der Waals surface area contributed by atoms with Crippen LogP contribution in [0.1, 0.15) is 12.8 Å². The fourth-order valence-electron chi connectivity index (χ4n) is 2.74. The van der Waals surface area contributed by atoms with E-state index in [9.17, 15) is 14.7 Å². The maximum absolute atomic E-state index is 11.8. The van der Waals surface area contributed by atoms with Gasteiger partial charge in [-0.25, -0.2) is 0 Å². The van der Waals surface area contributed by atoms with Crippen LogP contribution in [0.15, 0.2) is 12.2 Å². The molecule has 2 rings (SSSR count). The maximum atomic E-state index is 11.8. The number of epoxide rings is 1. The molecule has 6 heteroatoms. The second kappa shape index (κ2) is 4.55. The molecular formula is C12H17NO5. The summed E-state index contributed by atoms with van der Waals surface area (Å²) in [6, 6.07) is 0. The third-order valence-electron chi connectivity index (χ3n) is 3.69. The summed E-state index contributed by atoms with van der Waals surface area (Å²) in [5.74, 6) is -0.806. The topological polar surface area (TPSA) is 102 Å². The number of hydrogen-bond donors (Lipinski definition) is 2. The molecule has 0 unspecified atom stereocenters. The lowest BCUT2D eigenvalue weighted by molar-refractivity contribution is -0.151. The van der Waals surface area contributed by atoms with Gasteiger partial charge in [0.15, 0.2) is 5.78 Å². The average molecular weight is 255 g/mol. The van der Waals surface area contributed by atoms with Crippen molar-refractivity contribution in [1.82, 2.24) is 0 Å². The molecule has 4 atom stereocenters. The molecule has 1 saturated carbocycles. The lowest BCUT2D eigenvalue weighted by Gasteiger charge is -2.41. The highest BCUT2D eigenvalue weighted by molar-refractivity contribution is 5.85. The number of allylic oxidation sites excluding steroid dienone is 1. The SMILES string of the molecule is CO[C@@H]1C(=O)CC[C@]2(CO2)[C@H]1[C@@](N)(O)/C=C/C=O. The minimum atomic E-state index is -1.81. The largest absolute Gasteiger partial charge is 0.373 e. The highest BCUT2D eigenvalue weighted by Gasteiger charge is 2.64. The molecule has 0 bridgehead atoms. The molecule has 2 fully saturated rings. The molecule has 100 valence electrons. The predicted molar refractivity (Wildman–Crippen MR) is 61.6 cm³/mol. The molecule has 0 aromatic heterocycles. The van der Waals surface area contributed by atoms with Crippen molar-refractivity contribution in [2.45, 2.75) is 30.3 Å². The summed E-state index contributed by atoms with van der Waals surface area (Å²) < 4.78 is 10.6. The summed E-state index contributed by atoms with van der Waals surface area (Å²) in [5, 5.41) is 10.3. The van der Waals surface area contributed by atoms with Gasteiger partial charge in [-0.05, 0) is 18.6 Å². The maximum Gasteiger partial charge on any atom is 0.162 e. The second-order valence-corrected chi connectivity index (χ2v) is 4.84. The first-order valence-corrected chi connectivity index (χ1v) is 5.80.